The Balaban J connectivity index is 2.30. The monoisotopic (exact) mass is 277 g/mol. The van der Waals surface area contributed by atoms with Crippen molar-refractivity contribution in [2.45, 2.75) is 13.8 Å². The van der Waals surface area contributed by atoms with E-state index < -0.39 is 0 Å². The van der Waals surface area contributed by atoms with Gasteiger partial charge in [0, 0.05) is 11.2 Å². The summed E-state index contributed by atoms with van der Waals surface area (Å²) in [5.74, 6) is 0. The third kappa shape index (κ3) is 3.12. The van der Waals surface area contributed by atoms with Crippen LogP contribution in [0.3, 0.4) is 0 Å². The summed E-state index contributed by atoms with van der Waals surface area (Å²) >= 11 is 11.9. The van der Waals surface area contributed by atoms with Crippen LogP contribution >= 0.6 is 23.2 Å². The maximum absolute atomic E-state index is 6.06. The molecule has 3 heteroatoms. The van der Waals surface area contributed by atoms with E-state index in [1.807, 2.05) is 12.3 Å². The second kappa shape index (κ2) is 5.55. The van der Waals surface area contributed by atoms with E-state index in [9.17, 15) is 0 Å². The number of halogens is 2. The van der Waals surface area contributed by atoms with Crippen LogP contribution < -0.4 is 0 Å². The zero-order valence-electron chi connectivity index (χ0n) is 10.2. The van der Waals surface area contributed by atoms with Crippen LogP contribution in [0.2, 0.25) is 10.0 Å². The second-order valence-corrected chi connectivity index (χ2v) is 5.06. The molecule has 0 heterocycles. The number of aryl methyl sites for hydroxylation is 2. The number of hydrogen-bond acceptors (Lipinski definition) is 1. The van der Waals surface area contributed by atoms with Crippen LogP contribution in [0.15, 0.2) is 41.4 Å². The second-order valence-electron chi connectivity index (χ2n) is 4.21. The molecular formula is C15H13Cl2N. The van der Waals surface area contributed by atoms with Gasteiger partial charge >= 0.3 is 0 Å². The number of rotatable bonds is 2. The average molecular weight is 278 g/mol. The number of nitrogens with zero attached hydrogens (tertiary/aromatic N) is 1. The molecular weight excluding hydrogens is 265 g/mol. The smallest absolute Gasteiger partial charge is 0.0817 e. The van der Waals surface area contributed by atoms with Gasteiger partial charge in [0.25, 0.3) is 0 Å². The lowest BCUT2D eigenvalue weighted by atomic mass is 10.1. The van der Waals surface area contributed by atoms with E-state index in [0.29, 0.717) is 10.0 Å². The van der Waals surface area contributed by atoms with Gasteiger partial charge in [-0.15, -0.1) is 0 Å². The number of aliphatic imine (C=N–C) groups is 1. The Bertz CT molecular complexity index is 550. The first-order valence-electron chi connectivity index (χ1n) is 5.62. The van der Waals surface area contributed by atoms with Gasteiger partial charge in [-0.05, 0) is 43.2 Å². The van der Waals surface area contributed by atoms with E-state index in [1.165, 1.54) is 11.1 Å². The van der Waals surface area contributed by atoms with Crippen molar-refractivity contribution in [1.82, 2.24) is 0 Å². The van der Waals surface area contributed by atoms with Crippen LogP contribution in [0.25, 0.3) is 0 Å². The molecule has 0 aliphatic heterocycles. The van der Waals surface area contributed by atoms with E-state index in [-0.39, 0.29) is 0 Å². The average Bonchev–Trinajstić information content (AvgIpc) is 2.30. The first-order chi connectivity index (χ1) is 8.56. The molecule has 2 aromatic rings. The highest BCUT2D eigenvalue weighted by Crippen LogP contribution is 2.27. The summed E-state index contributed by atoms with van der Waals surface area (Å²) in [4.78, 5) is 4.39. The fourth-order valence-electron chi connectivity index (χ4n) is 1.70. The molecule has 0 bridgehead atoms. The molecule has 0 unspecified atom stereocenters. The van der Waals surface area contributed by atoms with Crippen molar-refractivity contribution in [2.75, 3.05) is 0 Å². The largest absolute Gasteiger partial charge is 0.255 e. The fraction of sp³-hybridized carbons (Fsp3) is 0.133. The van der Waals surface area contributed by atoms with Crippen LogP contribution in [0.1, 0.15) is 16.7 Å². The Kier molecular flexibility index (Phi) is 4.05. The van der Waals surface area contributed by atoms with Crippen molar-refractivity contribution in [3.8, 4) is 0 Å². The molecule has 0 aliphatic carbocycles. The third-order valence-corrected chi connectivity index (χ3v) is 3.22. The summed E-state index contributed by atoms with van der Waals surface area (Å²) in [6.07, 6.45) is 1.82. The molecule has 92 valence electrons. The highest BCUT2D eigenvalue weighted by molar-refractivity contribution is 6.36. The molecule has 0 saturated carbocycles. The summed E-state index contributed by atoms with van der Waals surface area (Å²) < 4.78 is 0. The molecule has 0 saturated heterocycles. The molecule has 0 radical (unpaired) electrons. The SMILES string of the molecule is Cc1ccc(/C=N/c2ccc(Cl)cc2Cl)c(C)c1. The zero-order chi connectivity index (χ0) is 13.1. The summed E-state index contributed by atoms with van der Waals surface area (Å²) in [6, 6.07) is 11.5. The lowest BCUT2D eigenvalue weighted by molar-refractivity contribution is 1.37. The molecule has 0 aromatic heterocycles. The van der Waals surface area contributed by atoms with Crippen LogP contribution in [0, 0.1) is 13.8 Å². The Labute approximate surface area is 117 Å². The Morgan fingerprint density at radius 1 is 1.00 bits per heavy atom. The predicted molar refractivity (Wildman–Crippen MR) is 79.6 cm³/mol. The van der Waals surface area contributed by atoms with Crippen LogP contribution in [0.4, 0.5) is 5.69 Å². The number of benzene rings is 2. The van der Waals surface area contributed by atoms with Gasteiger partial charge in [-0.25, -0.2) is 0 Å². The fourth-order valence-corrected chi connectivity index (χ4v) is 2.15. The molecule has 0 fully saturated rings. The van der Waals surface area contributed by atoms with E-state index >= 15 is 0 Å². The lowest BCUT2D eigenvalue weighted by Gasteiger charge is -2.02. The maximum atomic E-state index is 6.06. The van der Waals surface area contributed by atoms with Gasteiger partial charge < -0.3 is 0 Å². The minimum absolute atomic E-state index is 0.559. The summed E-state index contributed by atoms with van der Waals surface area (Å²) in [6.45, 7) is 4.14. The Hall–Kier alpha value is -1.31. The molecule has 2 aromatic carbocycles. The van der Waals surface area contributed by atoms with Crippen molar-refractivity contribution in [2.24, 2.45) is 4.99 Å². The standard InChI is InChI=1S/C15H13Cl2N/c1-10-3-4-12(11(2)7-10)9-18-15-6-5-13(16)8-14(15)17/h3-9H,1-2H3/b18-9+. The maximum Gasteiger partial charge on any atom is 0.0817 e. The first kappa shape index (κ1) is 13.1. The minimum atomic E-state index is 0.559. The van der Waals surface area contributed by atoms with Crippen LogP contribution in [-0.2, 0) is 0 Å². The zero-order valence-corrected chi connectivity index (χ0v) is 11.8. The highest BCUT2D eigenvalue weighted by Gasteiger charge is 1.99. The lowest BCUT2D eigenvalue weighted by Crippen LogP contribution is -1.87. The van der Waals surface area contributed by atoms with Crippen molar-refractivity contribution in [1.29, 1.82) is 0 Å². The van der Waals surface area contributed by atoms with Crippen LogP contribution in [0.5, 0.6) is 0 Å². The van der Waals surface area contributed by atoms with Crippen molar-refractivity contribution in [3.05, 3.63) is 63.1 Å². The van der Waals surface area contributed by atoms with Crippen molar-refractivity contribution >= 4 is 35.1 Å². The summed E-state index contributed by atoms with van der Waals surface area (Å²) in [5, 5.41) is 1.17. The van der Waals surface area contributed by atoms with Gasteiger partial charge in [-0.1, -0.05) is 47.0 Å². The van der Waals surface area contributed by atoms with Crippen molar-refractivity contribution < 1.29 is 0 Å². The highest BCUT2D eigenvalue weighted by atomic mass is 35.5. The minimum Gasteiger partial charge on any atom is -0.255 e. The molecule has 0 atom stereocenters. The quantitative estimate of drug-likeness (QED) is 0.655. The van der Waals surface area contributed by atoms with Gasteiger partial charge in [0.05, 0.1) is 10.7 Å². The van der Waals surface area contributed by atoms with E-state index in [0.717, 1.165) is 11.3 Å². The molecule has 0 spiro atoms. The Morgan fingerprint density at radius 2 is 1.78 bits per heavy atom. The van der Waals surface area contributed by atoms with Gasteiger partial charge in [0.15, 0.2) is 0 Å². The van der Waals surface area contributed by atoms with Gasteiger partial charge in [0.2, 0.25) is 0 Å². The third-order valence-electron chi connectivity index (χ3n) is 2.68. The van der Waals surface area contributed by atoms with Crippen molar-refractivity contribution in [3.63, 3.8) is 0 Å². The normalized spacial score (nSPS) is 11.1. The van der Waals surface area contributed by atoms with Gasteiger partial charge in [-0.2, -0.15) is 0 Å². The molecule has 0 aliphatic rings. The molecule has 18 heavy (non-hydrogen) atoms. The van der Waals surface area contributed by atoms with Gasteiger partial charge in [-0.3, -0.25) is 4.99 Å². The molecule has 0 N–H and O–H groups in total. The topological polar surface area (TPSA) is 12.4 Å². The van der Waals surface area contributed by atoms with E-state index in [2.05, 4.69) is 37.0 Å². The predicted octanol–water partition coefficient (Wildman–Crippen LogP) is 5.36. The molecule has 0 amide bonds. The van der Waals surface area contributed by atoms with E-state index in [4.69, 9.17) is 23.2 Å². The summed E-state index contributed by atoms with van der Waals surface area (Å²) in [5.41, 5.74) is 4.26. The summed E-state index contributed by atoms with van der Waals surface area (Å²) in [7, 11) is 0. The number of hydrogen-bond donors (Lipinski definition) is 0. The first-order valence-corrected chi connectivity index (χ1v) is 6.38. The molecule has 1 nitrogen and oxygen atoms in total. The molecule has 2 rings (SSSR count). The van der Waals surface area contributed by atoms with E-state index in [1.54, 1.807) is 12.1 Å². The Morgan fingerprint density at radius 3 is 2.44 bits per heavy atom. The van der Waals surface area contributed by atoms with Gasteiger partial charge in [0.1, 0.15) is 0 Å². The van der Waals surface area contributed by atoms with Crippen LogP contribution in [-0.4, -0.2) is 6.21 Å².